The Morgan fingerprint density at radius 1 is 0.769 bits per heavy atom. The number of amides is 3. The van der Waals surface area contributed by atoms with E-state index in [2.05, 4.69) is 31.5 Å². The van der Waals surface area contributed by atoms with Crippen LogP contribution in [-0.4, -0.2) is 73.4 Å². The third-order valence-electron chi connectivity index (χ3n) is 8.09. The van der Waals surface area contributed by atoms with Gasteiger partial charge in [0.1, 0.15) is 24.2 Å². The lowest BCUT2D eigenvalue weighted by atomic mass is 9.99. The average molecular weight is 710 g/mol. The first-order valence-corrected chi connectivity index (χ1v) is 17.3. The number of esters is 1. The van der Waals surface area contributed by atoms with Crippen LogP contribution in [-0.2, 0) is 41.7 Å². The SMILES string of the molecule is CC(C)[C@H](NC(=O)CCc1ccccc1)C(=O)N[C@@H](C)C(=O)NC(CC(=O)OC(C)(C)C)C(=O)Cn1nnnc1-c1ccccc1-c1ccccc1. The molecule has 52 heavy (non-hydrogen) atoms. The van der Waals surface area contributed by atoms with Crippen molar-refractivity contribution < 1.29 is 28.7 Å². The third kappa shape index (κ3) is 11.4. The summed E-state index contributed by atoms with van der Waals surface area (Å²) in [7, 11) is 0. The van der Waals surface area contributed by atoms with Crippen LogP contribution in [0.4, 0.5) is 0 Å². The van der Waals surface area contributed by atoms with Crippen LogP contribution in [0.3, 0.4) is 0 Å². The van der Waals surface area contributed by atoms with Crippen LogP contribution in [0.15, 0.2) is 84.9 Å². The van der Waals surface area contributed by atoms with Crippen molar-refractivity contribution in [2.75, 3.05) is 0 Å². The molecule has 0 saturated heterocycles. The molecule has 13 heteroatoms. The summed E-state index contributed by atoms with van der Waals surface area (Å²) in [6, 6.07) is 23.3. The van der Waals surface area contributed by atoms with E-state index < -0.39 is 53.7 Å². The number of aromatic nitrogens is 4. The normalized spacial score (nSPS) is 13.1. The molecule has 1 unspecified atom stereocenters. The Kier molecular flexibility index (Phi) is 13.5. The lowest BCUT2D eigenvalue weighted by Gasteiger charge is -2.25. The van der Waals surface area contributed by atoms with Crippen molar-refractivity contribution >= 4 is 29.5 Å². The predicted octanol–water partition coefficient (Wildman–Crippen LogP) is 4.07. The highest BCUT2D eigenvalue weighted by molar-refractivity contribution is 5.96. The second kappa shape index (κ2) is 18.0. The molecule has 3 N–H and O–H groups in total. The van der Waals surface area contributed by atoms with Gasteiger partial charge in [0, 0.05) is 12.0 Å². The molecule has 0 radical (unpaired) electrons. The molecule has 0 spiro atoms. The van der Waals surface area contributed by atoms with Gasteiger partial charge in [0.05, 0.1) is 12.5 Å². The van der Waals surface area contributed by atoms with Crippen molar-refractivity contribution in [3.05, 3.63) is 90.5 Å². The van der Waals surface area contributed by atoms with E-state index >= 15 is 0 Å². The first-order valence-electron chi connectivity index (χ1n) is 17.3. The fraction of sp³-hybridized carbons (Fsp3) is 0.385. The summed E-state index contributed by atoms with van der Waals surface area (Å²) in [6.45, 7) is 9.74. The second-order valence-electron chi connectivity index (χ2n) is 13.9. The zero-order chi connectivity index (χ0) is 37.8. The third-order valence-corrected chi connectivity index (χ3v) is 8.09. The molecule has 0 aliphatic carbocycles. The maximum absolute atomic E-state index is 13.8. The Morgan fingerprint density at radius 3 is 2.02 bits per heavy atom. The van der Waals surface area contributed by atoms with Gasteiger partial charge in [-0.2, -0.15) is 0 Å². The van der Waals surface area contributed by atoms with E-state index in [1.165, 1.54) is 11.6 Å². The summed E-state index contributed by atoms with van der Waals surface area (Å²) < 4.78 is 6.78. The Bertz CT molecular complexity index is 1840. The van der Waals surface area contributed by atoms with Gasteiger partial charge in [-0.3, -0.25) is 24.0 Å². The zero-order valence-electron chi connectivity index (χ0n) is 30.5. The largest absolute Gasteiger partial charge is 0.460 e. The summed E-state index contributed by atoms with van der Waals surface area (Å²) in [5, 5.41) is 20.1. The van der Waals surface area contributed by atoms with Gasteiger partial charge in [0.15, 0.2) is 11.6 Å². The van der Waals surface area contributed by atoms with Crippen molar-refractivity contribution in [1.82, 2.24) is 36.2 Å². The molecular formula is C39H47N7O6. The van der Waals surface area contributed by atoms with Gasteiger partial charge in [-0.05, 0) is 67.2 Å². The number of tetrazole rings is 1. The number of nitrogens with one attached hydrogen (secondary N) is 3. The molecule has 274 valence electrons. The highest BCUT2D eigenvalue weighted by Crippen LogP contribution is 2.30. The van der Waals surface area contributed by atoms with E-state index in [0.717, 1.165) is 16.7 Å². The molecule has 0 aliphatic heterocycles. The quantitative estimate of drug-likeness (QED) is 0.145. The monoisotopic (exact) mass is 709 g/mol. The maximum Gasteiger partial charge on any atom is 0.308 e. The van der Waals surface area contributed by atoms with E-state index in [-0.39, 0.29) is 24.8 Å². The number of rotatable bonds is 16. The summed E-state index contributed by atoms with van der Waals surface area (Å²) >= 11 is 0. The number of Topliss-reactive ketones (excluding diaryl/α,β-unsaturated/α-hetero) is 1. The smallest absolute Gasteiger partial charge is 0.308 e. The second-order valence-corrected chi connectivity index (χ2v) is 13.9. The maximum atomic E-state index is 13.8. The summed E-state index contributed by atoms with van der Waals surface area (Å²) in [5.41, 5.74) is 2.62. The molecule has 0 saturated carbocycles. The number of nitrogens with zero attached hydrogens (tertiary/aromatic N) is 4. The summed E-state index contributed by atoms with van der Waals surface area (Å²) in [5.74, 6) is -2.79. The van der Waals surface area contributed by atoms with Gasteiger partial charge in [-0.1, -0.05) is 98.8 Å². The van der Waals surface area contributed by atoms with Gasteiger partial charge < -0.3 is 20.7 Å². The van der Waals surface area contributed by atoms with E-state index in [9.17, 15) is 24.0 Å². The molecule has 13 nitrogen and oxygen atoms in total. The first kappa shape index (κ1) is 39.1. The van der Waals surface area contributed by atoms with Crippen molar-refractivity contribution in [2.45, 2.75) is 91.1 Å². The molecule has 3 aromatic carbocycles. The van der Waals surface area contributed by atoms with Crippen LogP contribution in [0.2, 0.25) is 0 Å². The number of ether oxygens (including phenoxy) is 1. The molecular weight excluding hydrogens is 662 g/mol. The Labute approximate surface area is 303 Å². The van der Waals surface area contributed by atoms with E-state index in [1.54, 1.807) is 34.6 Å². The molecule has 0 aliphatic rings. The number of carbonyl (C=O) groups excluding carboxylic acids is 5. The fourth-order valence-corrected chi connectivity index (χ4v) is 5.45. The summed E-state index contributed by atoms with van der Waals surface area (Å²) in [6.07, 6.45) is 0.231. The lowest BCUT2D eigenvalue weighted by molar-refractivity contribution is -0.156. The highest BCUT2D eigenvalue weighted by atomic mass is 16.6. The summed E-state index contributed by atoms with van der Waals surface area (Å²) in [4.78, 5) is 66.3. The molecule has 1 heterocycles. The minimum Gasteiger partial charge on any atom is -0.460 e. The standard InChI is InChI=1S/C39H47N7O6/c1-25(2)35(42-33(48)22-21-27-15-9-7-10-16-27)38(51)40-26(3)37(50)41-31(23-34(49)52-39(4,5)6)32(47)24-46-36(43-44-45-46)30-20-14-13-19-29(30)28-17-11-8-12-18-28/h7-20,25-26,31,35H,21-24H2,1-6H3,(H,40,51)(H,41,50)(H,42,48)/t26-,31?,35-/m0/s1. The number of ketones is 1. The van der Waals surface area contributed by atoms with Gasteiger partial charge in [0.25, 0.3) is 0 Å². The van der Waals surface area contributed by atoms with Crippen LogP contribution >= 0.6 is 0 Å². The van der Waals surface area contributed by atoms with Crippen molar-refractivity contribution in [2.24, 2.45) is 5.92 Å². The van der Waals surface area contributed by atoms with Crippen molar-refractivity contribution in [3.8, 4) is 22.5 Å². The van der Waals surface area contributed by atoms with Crippen LogP contribution in [0, 0.1) is 5.92 Å². The van der Waals surface area contributed by atoms with Crippen LogP contribution in [0.1, 0.15) is 59.9 Å². The van der Waals surface area contributed by atoms with Crippen molar-refractivity contribution in [1.29, 1.82) is 0 Å². The predicted molar refractivity (Wildman–Crippen MR) is 195 cm³/mol. The fourth-order valence-electron chi connectivity index (χ4n) is 5.45. The van der Waals surface area contributed by atoms with Crippen LogP contribution in [0.5, 0.6) is 0 Å². The minimum atomic E-state index is -1.33. The number of aryl methyl sites for hydroxylation is 1. The van der Waals surface area contributed by atoms with E-state index in [0.29, 0.717) is 17.8 Å². The Hall–Kier alpha value is -5.72. The Balaban J connectivity index is 1.47. The molecule has 3 atom stereocenters. The number of benzene rings is 3. The Morgan fingerprint density at radius 2 is 1.38 bits per heavy atom. The van der Waals surface area contributed by atoms with Gasteiger partial charge in [-0.15, -0.1) is 5.10 Å². The number of carbonyl (C=O) groups is 5. The van der Waals surface area contributed by atoms with Crippen LogP contribution in [0.25, 0.3) is 22.5 Å². The van der Waals surface area contributed by atoms with E-state index in [4.69, 9.17) is 4.74 Å². The highest BCUT2D eigenvalue weighted by Gasteiger charge is 2.32. The molecule has 0 bridgehead atoms. The number of hydrogen-bond donors (Lipinski definition) is 3. The zero-order valence-corrected chi connectivity index (χ0v) is 30.5. The van der Waals surface area contributed by atoms with Crippen molar-refractivity contribution in [3.63, 3.8) is 0 Å². The lowest BCUT2D eigenvalue weighted by Crippen LogP contribution is -2.56. The average Bonchev–Trinajstić information content (AvgIpc) is 3.56. The topological polar surface area (TPSA) is 174 Å². The van der Waals surface area contributed by atoms with Crippen LogP contribution < -0.4 is 16.0 Å². The van der Waals surface area contributed by atoms with E-state index in [1.807, 2.05) is 84.9 Å². The molecule has 0 fully saturated rings. The molecule has 1 aromatic heterocycles. The van der Waals surface area contributed by atoms with Gasteiger partial charge in [0.2, 0.25) is 17.7 Å². The van der Waals surface area contributed by atoms with Gasteiger partial charge in [-0.25, -0.2) is 4.68 Å². The molecule has 3 amide bonds. The molecule has 4 aromatic rings. The van der Waals surface area contributed by atoms with Gasteiger partial charge >= 0.3 is 5.97 Å². The number of hydrogen-bond acceptors (Lipinski definition) is 9. The molecule has 4 rings (SSSR count). The minimum absolute atomic E-state index is 0.186. The first-order chi connectivity index (χ1) is 24.7.